The van der Waals surface area contributed by atoms with Crippen LogP contribution in [0.15, 0.2) is 24.3 Å². The molecule has 0 unspecified atom stereocenters. The predicted molar refractivity (Wildman–Crippen MR) is 65.7 cm³/mol. The maximum absolute atomic E-state index is 12.5. The Bertz CT molecular complexity index is 409. The van der Waals surface area contributed by atoms with E-state index in [4.69, 9.17) is 0 Å². The van der Waals surface area contributed by atoms with Crippen molar-refractivity contribution in [1.82, 2.24) is 5.32 Å². The van der Waals surface area contributed by atoms with Crippen molar-refractivity contribution in [2.24, 2.45) is 0 Å². The SMILES string of the molecule is CC1(C)CNCCN1c1ccc(C(F)(F)F)cc1. The summed E-state index contributed by atoms with van der Waals surface area (Å²) in [5, 5.41) is 3.29. The summed E-state index contributed by atoms with van der Waals surface area (Å²) in [5.74, 6) is 0. The smallest absolute Gasteiger partial charge is 0.364 e. The predicted octanol–water partition coefficient (Wildman–Crippen LogP) is 2.89. The molecule has 0 bridgehead atoms. The second-order valence-corrected chi connectivity index (χ2v) is 5.19. The van der Waals surface area contributed by atoms with Crippen LogP contribution in [-0.4, -0.2) is 25.2 Å². The van der Waals surface area contributed by atoms with Crippen LogP contribution in [0.25, 0.3) is 0 Å². The molecule has 1 aromatic rings. The van der Waals surface area contributed by atoms with Gasteiger partial charge in [-0.3, -0.25) is 0 Å². The fourth-order valence-corrected chi connectivity index (χ4v) is 2.29. The Hall–Kier alpha value is -1.23. The van der Waals surface area contributed by atoms with Crippen LogP contribution < -0.4 is 10.2 Å². The molecule has 100 valence electrons. The molecule has 0 atom stereocenters. The van der Waals surface area contributed by atoms with Gasteiger partial charge in [-0.25, -0.2) is 0 Å². The molecule has 1 aliphatic rings. The summed E-state index contributed by atoms with van der Waals surface area (Å²) in [5.41, 5.74) is 0.159. The maximum Gasteiger partial charge on any atom is 0.416 e. The van der Waals surface area contributed by atoms with Gasteiger partial charge >= 0.3 is 6.18 Å². The molecule has 0 amide bonds. The van der Waals surface area contributed by atoms with Gasteiger partial charge in [0, 0.05) is 30.9 Å². The minimum Gasteiger partial charge on any atom is -0.364 e. The van der Waals surface area contributed by atoms with E-state index >= 15 is 0 Å². The van der Waals surface area contributed by atoms with Gasteiger partial charge in [0.25, 0.3) is 0 Å². The topological polar surface area (TPSA) is 15.3 Å². The number of hydrogen-bond donors (Lipinski definition) is 1. The molecule has 1 N–H and O–H groups in total. The van der Waals surface area contributed by atoms with Crippen molar-refractivity contribution >= 4 is 5.69 Å². The van der Waals surface area contributed by atoms with E-state index in [0.717, 1.165) is 37.5 Å². The van der Waals surface area contributed by atoms with Crippen molar-refractivity contribution in [2.45, 2.75) is 25.6 Å². The number of rotatable bonds is 1. The van der Waals surface area contributed by atoms with E-state index in [1.54, 1.807) is 12.1 Å². The number of hydrogen-bond acceptors (Lipinski definition) is 2. The normalized spacial score (nSPS) is 19.9. The van der Waals surface area contributed by atoms with Gasteiger partial charge < -0.3 is 10.2 Å². The average molecular weight is 258 g/mol. The summed E-state index contributed by atoms with van der Waals surface area (Å²) in [4.78, 5) is 2.14. The number of piperazine rings is 1. The first-order valence-corrected chi connectivity index (χ1v) is 5.96. The molecule has 1 saturated heterocycles. The Kier molecular flexibility index (Phi) is 3.27. The highest BCUT2D eigenvalue weighted by Gasteiger charge is 2.32. The summed E-state index contributed by atoms with van der Waals surface area (Å²) in [6, 6.07) is 5.40. The maximum atomic E-state index is 12.5. The molecule has 0 aliphatic carbocycles. The summed E-state index contributed by atoms with van der Waals surface area (Å²) in [6.45, 7) is 6.64. The number of halogens is 3. The minimum atomic E-state index is -4.27. The summed E-state index contributed by atoms with van der Waals surface area (Å²) >= 11 is 0. The van der Waals surface area contributed by atoms with Crippen LogP contribution in [0.1, 0.15) is 19.4 Å². The Labute approximate surface area is 105 Å². The molecule has 1 fully saturated rings. The molecule has 18 heavy (non-hydrogen) atoms. The highest BCUT2D eigenvalue weighted by Crippen LogP contribution is 2.32. The molecular weight excluding hydrogens is 241 g/mol. The highest BCUT2D eigenvalue weighted by atomic mass is 19.4. The average Bonchev–Trinajstić information content (AvgIpc) is 2.27. The standard InChI is InChI=1S/C13H17F3N2/c1-12(2)9-17-7-8-18(12)11-5-3-10(4-6-11)13(14,15)16/h3-6,17H,7-9H2,1-2H3. The van der Waals surface area contributed by atoms with Crippen LogP contribution in [-0.2, 0) is 6.18 Å². The molecule has 0 aromatic heterocycles. The third-order valence-electron chi connectivity index (χ3n) is 3.31. The Morgan fingerprint density at radius 3 is 2.28 bits per heavy atom. The van der Waals surface area contributed by atoms with Gasteiger partial charge in [-0.05, 0) is 38.1 Å². The van der Waals surface area contributed by atoms with E-state index in [-0.39, 0.29) is 5.54 Å². The molecule has 2 nitrogen and oxygen atoms in total. The third-order valence-corrected chi connectivity index (χ3v) is 3.31. The lowest BCUT2D eigenvalue weighted by Crippen LogP contribution is -2.58. The Morgan fingerprint density at radius 1 is 1.17 bits per heavy atom. The number of alkyl halides is 3. The molecular formula is C13H17F3N2. The molecule has 1 heterocycles. The van der Waals surface area contributed by atoms with Gasteiger partial charge in [0.15, 0.2) is 0 Å². The molecule has 5 heteroatoms. The first-order chi connectivity index (χ1) is 8.31. The second kappa shape index (κ2) is 4.46. The summed E-state index contributed by atoms with van der Waals surface area (Å²) in [6.07, 6.45) is -4.27. The molecule has 2 rings (SSSR count). The van der Waals surface area contributed by atoms with Gasteiger partial charge in [0.05, 0.1) is 5.56 Å². The lowest BCUT2D eigenvalue weighted by Gasteiger charge is -2.44. The molecule has 1 aliphatic heterocycles. The fourth-order valence-electron chi connectivity index (χ4n) is 2.29. The van der Waals surface area contributed by atoms with Crippen molar-refractivity contribution < 1.29 is 13.2 Å². The van der Waals surface area contributed by atoms with Crippen molar-refractivity contribution in [2.75, 3.05) is 24.5 Å². The highest BCUT2D eigenvalue weighted by molar-refractivity contribution is 5.51. The zero-order valence-electron chi connectivity index (χ0n) is 10.5. The van der Waals surface area contributed by atoms with E-state index in [0.29, 0.717) is 0 Å². The number of nitrogens with one attached hydrogen (secondary N) is 1. The van der Waals surface area contributed by atoms with Crippen LogP contribution in [0, 0.1) is 0 Å². The quantitative estimate of drug-likeness (QED) is 0.833. The number of nitrogens with zero attached hydrogens (tertiary/aromatic N) is 1. The first kappa shape index (κ1) is 13.2. The summed E-state index contributed by atoms with van der Waals surface area (Å²) < 4.78 is 37.5. The second-order valence-electron chi connectivity index (χ2n) is 5.19. The fraction of sp³-hybridized carbons (Fsp3) is 0.538. The molecule has 0 spiro atoms. The first-order valence-electron chi connectivity index (χ1n) is 5.96. The summed E-state index contributed by atoms with van der Waals surface area (Å²) in [7, 11) is 0. The van der Waals surface area contributed by atoms with E-state index in [1.165, 1.54) is 0 Å². The van der Waals surface area contributed by atoms with Crippen molar-refractivity contribution in [3.8, 4) is 0 Å². The molecule has 0 radical (unpaired) electrons. The lowest BCUT2D eigenvalue weighted by molar-refractivity contribution is -0.137. The van der Waals surface area contributed by atoms with Gasteiger partial charge in [-0.2, -0.15) is 13.2 Å². The Balaban J connectivity index is 2.24. The van der Waals surface area contributed by atoms with E-state index in [9.17, 15) is 13.2 Å². The van der Waals surface area contributed by atoms with E-state index in [1.807, 2.05) is 0 Å². The number of benzene rings is 1. The number of anilines is 1. The zero-order chi connectivity index (χ0) is 13.4. The van der Waals surface area contributed by atoms with Crippen LogP contribution in [0.3, 0.4) is 0 Å². The Morgan fingerprint density at radius 2 is 1.78 bits per heavy atom. The van der Waals surface area contributed by atoms with Crippen LogP contribution >= 0.6 is 0 Å². The molecule has 0 saturated carbocycles. The third kappa shape index (κ3) is 2.61. The van der Waals surface area contributed by atoms with Crippen molar-refractivity contribution in [3.05, 3.63) is 29.8 Å². The largest absolute Gasteiger partial charge is 0.416 e. The minimum absolute atomic E-state index is 0.0853. The van der Waals surface area contributed by atoms with Gasteiger partial charge in [-0.1, -0.05) is 0 Å². The van der Waals surface area contributed by atoms with Gasteiger partial charge in [-0.15, -0.1) is 0 Å². The van der Waals surface area contributed by atoms with Crippen LogP contribution in [0.4, 0.5) is 18.9 Å². The van der Waals surface area contributed by atoms with Crippen LogP contribution in [0.5, 0.6) is 0 Å². The lowest BCUT2D eigenvalue weighted by atomic mass is 9.99. The van der Waals surface area contributed by atoms with Crippen LogP contribution in [0.2, 0.25) is 0 Å². The zero-order valence-corrected chi connectivity index (χ0v) is 10.5. The molecule has 1 aromatic carbocycles. The monoisotopic (exact) mass is 258 g/mol. The van der Waals surface area contributed by atoms with Crippen molar-refractivity contribution in [3.63, 3.8) is 0 Å². The van der Waals surface area contributed by atoms with E-state index < -0.39 is 11.7 Å². The van der Waals surface area contributed by atoms with Gasteiger partial charge in [0.2, 0.25) is 0 Å². The van der Waals surface area contributed by atoms with Crippen molar-refractivity contribution in [1.29, 1.82) is 0 Å². The van der Waals surface area contributed by atoms with E-state index in [2.05, 4.69) is 24.1 Å². The van der Waals surface area contributed by atoms with Gasteiger partial charge in [0.1, 0.15) is 0 Å².